The summed E-state index contributed by atoms with van der Waals surface area (Å²) in [6.07, 6.45) is 20.2. The van der Waals surface area contributed by atoms with E-state index in [1.54, 1.807) is 0 Å². The highest BCUT2D eigenvalue weighted by Gasteiger charge is 1.97. The third-order valence-corrected chi connectivity index (χ3v) is 3.99. The van der Waals surface area contributed by atoms with Gasteiger partial charge in [-0.2, -0.15) is 0 Å². The van der Waals surface area contributed by atoms with Gasteiger partial charge in [0.15, 0.2) is 0 Å². The Kier molecular flexibility index (Phi) is 24.4. The van der Waals surface area contributed by atoms with Crippen LogP contribution in [-0.2, 0) is 10.1 Å². The van der Waals surface area contributed by atoms with Crippen LogP contribution in [0.5, 0.6) is 0 Å². The van der Waals surface area contributed by atoms with Crippen molar-refractivity contribution in [3.63, 3.8) is 0 Å². The van der Waals surface area contributed by atoms with Gasteiger partial charge in [0, 0.05) is 6.42 Å². The molecule has 4 nitrogen and oxygen atoms in total. The van der Waals surface area contributed by atoms with Gasteiger partial charge in [0.1, 0.15) is 0 Å². The van der Waals surface area contributed by atoms with Crippen molar-refractivity contribution in [3.8, 4) is 0 Å². The molecule has 0 saturated carbocycles. The van der Waals surface area contributed by atoms with Crippen LogP contribution in [0, 0.1) is 0 Å². The highest BCUT2D eigenvalue weighted by molar-refractivity contribution is 5.66. The molecule has 0 unspecified atom stereocenters. The lowest BCUT2D eigenvalue weighted by Crippen LogP contribution is -1.93. The number of carboxylic acids is 1. The largest absolute Gasteiger partial charge is 0.481 e. The van der Waals surface area contributed by atoms with E-state index in [0.717, 1.165) is 12.8 Å². The van der Waals surface area contributed by atoms with E-state index >= 15 is 0 Å². The maximum Gasteiger partial charge on any atom is 0.303 e. The first kappa shape index (κ1) is 23.7. The molecule has 0 aliphatic heterocycles. The molecule has 0 fully saturated rings. The van der Waals surface area contributed by atoms with Crippen LogP contribution in [0.15, 0.2) is 0 Å². The summed E-state index contributed by atoms with van der Waals surface area (Å²) in [4.78, 5) is 10.3. The Hall–Kier alpha value is -0.610. The minimum Gasteiger partial charge on any atom is -0.481 e. The molecule has 0 aromatic rings. The Morgan fingerprint density at radius 1 is 0.591 bits per heavy atom. The van der Waals surface area contributed by atoms with Gasteiger partial charge in [0.05, 0.1) is 0 Å². The fourth-order valence-electron chi connectivity index (χ4n) is 2.65. The number of aliphatic carboxylic acids is 1. The Balaban J connectivity index is 0. The first-order valence-electron chi connectivity index (χ1n) is 9.17. The van der Waals surface area contributed by atoms with Gasteiger partial charge in [-0.25, -0.2) is 5.26 Å². The molecule has 0 heterocycles. The first-order valence-corrected chi connectivity index (χ1v) is 9.17. The normalized spacial score (nSPS) is 10.1. The number of rotatable bonds is 16. The Labute approximate surface area is 136 Å². The van der Waals surface area contributed by atoms with Gasteiger partial charge in [-0.15, -0.1) is 0 Å². The van der Waals surface area contributed by atoms with Crippen molar-refractivity contribution in [1.82, 2.24) is 0 Å². The molecule has 2 N–H and O–H groups in total. The van der Waals surface area contributed by atoms with Crippen LogP contribution in [0.3, 0.4) is 0 Å². The molecular weight excluding hydrogens is 280 g/mol. The lowest BCUT2D eigenvalue weighted by Gasteiger charge is -2.03. The quantitative estimate of drug-likeness (QED) is 0.201. The van der Waals surface area contributed by atoms with Gasteiger partial charge in [-0.05, 0) is 11.7 Å². The van der Waals surface area contributed by atoms with Crippen molar-refractivity contribution in [2.24, 2.45) is 0 Å². The zero-order valence-electron chi connectivity index (χ0n) is 14.5. The van der Waals surface area contributed by atoms with E-state index in [9.17, 15) is 4.79 Å². The van der Waals surface area contributed by atoms with Crippen LogP contribution in [0.1, 0.15) is 110 Å². The molecule has 4 heteroatoms. The van der Waals surface area contributed by atoms with Crippen molar-refractivity contribution >= 4 is 5.97 Å². The molecular formula is C18H37O4. The lowest BCUT2D eigenvalue weighted by molar-refractivity contribution is -0.247. The predicted molar refractivity (Wildman–Crippen MR) is 90.5 cm³/mol. The summed E-state index contributed by atoms with van der Waals surface area (Å²) in [5.41, 5.74) is 0. The number of unbranched alkanes of at least 4 members (excludes halogenated alkanes) is 14. The average molecular weight is 317 g/mol. The van der Waals surface area contributed by atoms with Crippen LogP contribution in [-0.4, -0.2) is 16.3 Å². The van der Waals surface area contributed by atoms with Crippen molar-refractivity contribution in [3.05, 3.63) is 0 Å². The van der Waals surface area contributed by atoms with Crippen molar-refractivity contribution < 1.29 is 20.4 Å². The van der Waals surface area contributed by atoms with E-state index in [-0.39, 0.29) is 0 Å². The van der Waals surface area contributed by atoms with E-state index in [1.165, 1.54) is 83.5 Å². The van der Waals surface area contributed by atoms with Crippen LogP contribution >= 0.6 is 0 Å². The van der Waals surface area contributed by atoms with Gasteiger partial charge < -0.3 is 5.11 Å². The summed E-state index contributed by atoms with van der Waals surface area (Å²) < 4.78 is 0. The standard InChI is InChI=1S/C18H36O2.HO2/c1-2-3-4-5-6-7-8-9-10-11-12-13-14-15-16-17-18(19)20;1-2/h2-17H2,1H3,(H,19,20);1H. The minimum absolute atomic E-state index is 0.345. The molecule has 0 rings (SSSR count). The van der Waals surface area contributed by atoms with Crippen LogP contribution < -0.4 is 0 Å². The molecule has 0 amide bonds. The second-order valence-corrected chi connectivity index (χ2v) is 6.09. The van der Waals surface area contributed by atoms with Gasteiger partial charge in [0.2, 0.25) is 0 Å². The monoisotopic (exact) mass is 317 g/mol. The van der Waals surface area contributed by atoms with E-state index < -0.39 is 5.97 Å². The molecule has 0 spiro atoms. The van der Waals surface area contributed by atoms with E-state index in [2.05, 4.69) is 6.92 Å². The summed E-state index contributed by atoms with van der Waals surface area (Å²) >= 11 is 0. The number of carboxylic acid groups (broad SMARTS) is 1. The molecule has 0 aliphatic rings. The molecule has 133 valence electrons. The maximum atomic E-state index is 10.3. The van der Waals surface area contributed by atoms with Gasteiger partial charge in [0.25, 0.3) is 0 Å². The van der Waals surface area contributed by atoms with E-state index in [4.69, 9.17) is 15.6 Å². The molecule has 0 saturated heterocycles. The Morgan fingerprint density at radius 2 is 0.864 bits per heavy atom. The minimum atomic E-state index is -0.653. The highest BCUT2D eigenvalue weighted by atomic mass is 17.0. The Morgan fingerprint density at radius 3 is 1.14 bits per heavy atom. The topological polar surface area (TPSA) is 77.4 Å². The summed E-state index contributed by atoms with van der Waals surface area (Å²) in [5, 5.41) is 21.5. The smallest absolute Gasteiger partial charge is 0.303 e. The summed E-state index contributed by atoms with van der Waals surface area (Å²) in [7, 11) is 0. The first-order chi connectivity index (χ1) is 10.8. The second-order valence-electron chi connectivity index (χ2n) is 6.09. The van der Waals surface area contributed by atoms with E-state index in [0.29, 0.717) is 6.42 Å². The fraction of sp³-hybridized carbons (Fsp3) is 0.944. The van der Waals surface area contributed by atoms with Crippen LogP contribution in [0.2, 0.25) is 0 Å². The maximum absolute atomic E-state index is 10.3. The number of hydrogen-bond acceptors (Lipinski definition) is 2. The molecule has 0 aromatic heterocycles. The number of carbonyl (C=O) groups is 1. The molecule has 0 atom stereocenters. The van der Waals surface area contributed by atoms with Crippen molar-refractivity contribution in [2.45, 2.75) is 110 Å². The lowest BCUT2D eigenvalue weighted by atomic mass is 10.0. The van der Waals surface area contributed by atoms with Crippen LogP contribution in [0.25, 0.3) is 0 Å². The molecule has 0 aromatic carbocycles. The van der Waals surface area contributed by atoms with Gasteiger partial charge in [-0.1, -0.05) is 96.8 Å². The third-order valence-electron chi connectivity index (χ3n) is 3.99. The summed E-state index contributed by atoms with van der Waals surface area (Å²) in [5.74, 6) is -0.653. The third kappa shape index (κ3) is 24.4. The van der Waals surface area contributed by atoms with Crippen LogP contribution in [0.4, 0.5) is 0 Å². The summed E-state index contributed by atoms with van der Waals surface area (Å²) in [6.45, 7) is 2.27. The van der Waals surface area contributed by atoms with Crippen molar-refractivity contribution in [2.75, 3.05) is 0 Å². The summed E-state index contributed by atoms with van der Waals surface area (Å²) in [6, 6.07) is 0. The zero-order valence-corrected chi connectivity index (χ0v) is 14.5. The average Bonchev–Trinajstić information content (AvgIpc) is 2.53. The molecule has 1 radical (unpaired) electrons. The predicted octanol–water partition coefficient (Wildman–Crippen LogP) is 6.22. The number of hydrogen-bond donors (Lipinski definition) is 2. The second kappa shape index (κ2) is 22.7. The molecule has 22 heavy (non-hydrogen) atoms. The van der Waals surface area contributed by atoms with E-state index in [1.807, 2.05) is 0 Å². The van der Waals surface area contributed by atoms with Gasteiger partial charge in [-0.3, -0.25) is 4.79 Å². The fourth-order valence-corrected chi connectivity index (χ4v) is 2.65. The van der Waals surface area contributed by atoms with Gasteiger partial charge >= 0.3 is 5.97 Å². The highest BCUT2D eigenvalue weighted by Crippen LogP contribution is 2.13. The SMILES string of the molecule is CCCCCCCCCCCCCCCCCC(=O)O.[O]O. The molecule has 0 aliphatic carbocycles. The molecule has 0 bridgehead atoms. The zero-order chi connectivity index (χ0) is 16.9. The Bertz CT molecular complexity index is 207. The van der Waals surface area contributed by atoms with Crippen molar-refractivity contribution in [1.29, 1.82) is 0 Å².